The lowest BCUT2D eigenvalue weighted by Crippen LogP contribution is -2.38. The van der Waals surface area contributed by atoms with Gasteiger partial charge in [-0.2, -0.15) is 26.3 Å². The largest absolute Gasteiger partial charge is 0.434 e. The van der Waals surface area contributed by atoms with Gasteiger partial charge in [0.15, 0.2) is 5.69 Å². The maximum Gasteiger partial charge on any atom is 0.434 e. The third kappa shape index (κ3) is 5.07. The van der Waals surface area contributed by atoms with Crippen molar-refractivity contribution < 1.29 is 31.1 Å². The van der Waals surface area contributed by atoms with Gasteiger partial charge in [-0.25, -0.2) is 4.98 Å². The summed E-state index contributed by atoms with van der Waals surface area (Å²) < 4.78 is 73.6. The van der Waals surface area contributed by atoms with Gasteiger partial charge in [-0.3, -0.25) is 9.78 Å². The van der Waals surface area contributed by atoms with Crippen LogP contribution >= 0.6 is 0 Å². The van der Waals surface area contributed by atoms with Gasteiger partial charge in [0.25, 0.3) is 0 Å². The lowest BCUT2D eigenvalue weighted by atomic mass is 9.93. The standard InChI is InChI=1S/C14H15F6N3O/c15-13(16,17)4-1-12(24)23-5-2-9(3-6-23)10-7-22-11(8-21-10)14(18,19)20/h7-9H,1-6H2. The van der Waals surface area contributed by atoms with Crippen molar-refractivity contribution in [2.75, 3.05) is 13.1 Å². The maximum absolute atomic E-state index is 12.4. The van der Waals surface area contributed by atoms with Crippen LogP contribution in [0.5, 0.6) is 0 Å². The Kier molecular flexibility index (Phi) is 5.34. The number of piperidine rings is 1. The number of alkyl halides is 6. The molecule has 2 rings (SSSR count). The van der Waals surface area contributed by atoms with E-state index in [9.17, 15) is 31.1 Å². The highest BCUT2D eigenvalue weighted by molar-refractivity contribution is 5.76. The summed E-state index contributed by atoms with van der Waals surface area (Å²) in [4.78, 5) is 20.2. The average Bonchev–Trinajstić information content (AvgIpc) is 2.51. The second-order valence-electron chi connectivity index (χ2n) is 5.59. The summed E-state index contributed by atoms with van der Waals surface area (Å²) in [5.74, 6) is -0.726. The van der Waals surface area contributed by atoms with E-state index in [4.69, 9.17) is 0 Å². The van der Waals surface area contributed by atoms with E-state index in [-0.39, 0.29) is 19.0 Å². The minimum Gasteiger partial charge on any atom is -0.343 e. The molecule has 0 bridgehead atoms. The van der Waals surface area contributed by atoms with Crippen LogP contribution in [0.2, 0.25) is 0 Å². The summed E-state index contributed by atoms with van der Waals surface area (Å²) in [5, 5.41) is 0. The van der Waals surface area contributed by atoms with Gasteiger partial charge in [0.1, 0.15) is 0 Å². The minimum atomic E-state index is -4.56. The third-order valence-corrected chi connectivity index (χ3v) is 3.85. The molecule has 134 valence electrons. The van der Waals surface area contributed by atoms with Crippen LogP contribution in [0.25, 0.3) is 0 Å². The van der Waals surface area contributed by atoms with Gasteiger partial charge in [0, 0.05) is 31.6 Å². The quantitative estimate of drug-likeness (QED) is 0.779. The number of halogens is 6. The van der Waals surface area contributed by atoms with Gasteiger partial charge in [-0.15, -0.1) is 0 Å². The predicted octanol–water partition coefficient (Wildman–Crippen LogP) is 3.54. The molecule has 1 aromatic heterocycles. The smallest absolute Gasteiger partial charge is 0.343 e. The van der Waals surface area contributed by atoms with E-state index in [2.05, 4.69) is 9.97 Å². The van der Waals surface area contributed by atoms with Crippen molar-refractivity contribution in [3.8, 4) is 0 Å². The van der Waals surface area contributed by atoms with Crippen molar-refractivity contribution in [2.45, 2.75) is 44.0 Å². The predicted molar refractivity (Wildman–Crippen MR) is 70.9 cm³/mol. The van der Waals surface area contributed by atoms with Crippen LogP contribution in [0.3, 0.4) is 0 Å². The molecule has 0 aliphatic carbocycles. The first-order valence-corrected chi connectivity index (χ1v) is 7.30. The van der Waals surface area contributed by atoms with Gasteiger partial charge >= 0.3 is 12.4 Å². The fourth-order valence-electron chi connectivity index (χ4n) is 2.53. The van der Waals surface area contributed by atoms with Gasteiger partial charge in [0.05, 0.1) is 18.3 Å². The van der Waals surface area contributed by atoms with Crippen molar-refractivity contribution in [1.29, 1.82) is 0 Å². The van der Waals surface area contributed by atoms with E-state index in [0.29, 0.717) is 24.7 Å². The van der Waals surface area contributed by atoms with Crippen molar-refractivity contribution in [2.24, 2.45) is 0 Å². The Morgan fingerprint density at radius 2 is 1.71 bits per heavy atom. The van der Waals surface area contributed by atoms with E-state index in [1.807, 2.05) is 0 Å². The molecule has 1 aliphatic heterocycles. The molecule has 0 N–H and O–H groups in total. The number of nitrogens with zero attached hydrogens (tertiary/aromatic N) is 3. The first-order valence-electron chi connectivity index (χ1n) is 7.30. The Morgan fingerprint density at radius 3 is 2.17 bits per heavy atom. The fraction of sp³-hybridized carbons (Fsp3) is 0.643. The Balaban J connectivity index is 1.87. The summed E-state index contributed by atoms with van der Waals surface area (Å²) in [6.45, 7) is 0.508. The topological polar surface area (TPSA) is 46.1 Å². The first-order chi connectivity index (χ1) is 11.1. The molecule has 1 aliphatic rings. The minimum absolute atomic E-state index is 0.161. The Morgan fingerprint density at radius 1 is 1.08 bits per heavy atom. The highest BCUT2D eigenvalue weighted by Crippen LogP contribution is 2.30. The molecule has 24 heavy (non-hydrogen) atoms. The summed E-state index contributed by atoms with van der Waals surface area (Å²) in [7, 11) is 0. The molecule has 0 atom stereocenters. The SMILES string of the molecule is O=C(CCC(F)(F)F)N1CCC(c2cnc(C(F)(F)F)cn2)CC1. The van der Waals surface area contributed by atoms with Crippen LogP contribution in [0.15, 0.2) is 12.4 Å². The second-order valence-corrected chi connectivity index (χ2v) is 5.59. The molecule has 0 spiro atoms. The second kappa shape index (κ2) is 6.94. The van der Waals surface area contributed by atoms with Crippen LogP contribution < -0.4 is 0 Å². The van der Waals surface area contributed by atoms with E-state index in [1.165, 1.54) is 4.90 Å². The van der Waals surface area contributed by atoms with Gasteiger partial charge < -0.3 is 4.90 Å². The molecule has 1 saturated heterocycles. The van der Waals surface area contributed by atoms with E-state index < -0.39 is 36.8 Å². The molecule has 4 nitrogen and oxygen atoms in total. The molecule has 1 aromatic rings. The molecule has 0 unspecified atom stereocenters. The van der Waals surface area contributed by atoms with E-state index in [1.54, 1.807) is 0 Å². The average molecular weight is 355 g/mol. The van der Waals surface area contributed by atoms with Crippen LogP contribution in [0, 0.1) is 0 Å². The summed E-state index contributed by atoms with van der Waals surface area (Å²) in [5.41, 5.74) is -0.684. The molecule has 10 heteroatoms. The number of hydrogen-bond donors (Lipinski definition) is 0. The third-order valence-electron chi connectivity index (χ3n) is 3.85. The fourth-order valence-corrected chi connectivity index (χ4v) is 2.53. The molecule has 0 aromatic carbocycles. The normalized spacial score (nSPS) is 17.2. The summed E-state index contributed by atoms with van der Waals surface area (Å²) >= 11 is 0. The lowest BCUT2D eigenvalue weighted by molar-refractivity contribution is -0.149. The molecule has 1 fully saturated rings. The Bertz CT molecular complexity index is 561. The van der Waals surface area contributed by atoms with Gasteiger partial charge in [-0.05, 0) is 12.8 Å². The highest BCUT2D eigenvalue weighted by Gasteiger charge is 2.34. The van der Waals surface area contributed by atoms with Gasteiger partial charge in [0.2, 0.25) is 5.91 Å². The van der Waals surface area contributed by atoms with Crippen LogP contribution in [0.4, 0.5) is 26.3 Å². The number of carbonyl (C=O) groups excluding carboxylic acids is 1. The highest BCUT2D eigenvalue weighted by atomic mass is 19.4. The zero-order valence-electron chi connectivity index (χ0n) is 12.5. The maximum atomic E-state index is 12.4. The monoisotopic (exact) mass is 355 g/mol. The number of carbonyl (C=O) groups is 1. The van der Waals surface area contributed by atoms with E-state index >= 15 is 0 Å². The van der Waals surface area contributed by atoms with Crippen molar-refractivity contribution >= 4 is 5.91 Å². The van der Waals surface area contributed by atoms with Crippen LogP contribution in [-0.2, 0) is 11.0 Å². The molecular weight excluding hydrogens is 340 g/mol. The van der Waals surface area contributed by atoms with Crippen molar-refractivity contribution in [3.63, 3.8) is 0 Å². The molecule has 2 heterocycles. The first kappa shape index (κ1) is 18.5. The summed E-state index contributed by atoms with van der Waals surface area (Å²) in [6.07, 6.45) is -8.09. The van der Waals surface area contributed by atoms with E-state index in [0.717, 1.165) is 6.20 Å². The number of amides is 1. The van der Waals surface area contributed by atoms with Crippen LogP contribution in [-0.4, -0.2) is 40.0 Å². The number of likely N-dealkylation sites (tertiary alicyclic amines) is 1. The number of hydrogen-bond acceptors (Lipinski definition) is 3. The zero-order valence-corrected chi connectivity index (χ0v) is 12.5. The number of aromatic nitrogens is 2. The molecule has 0 saturated carbocycles. The van der Waals surface area contributed by atoms with Crippen molar-refractivity contribution in [3.05, 3.63) is 23.8 Å². The number of rotatable bonds is 3. The van der Waals surface area contributed by atoms with Gasteiger partial charge in [-0.1, -0.05) is 0 Å². The van der Waals surface area contributed by atoms with Crippen LogP contribution in [0.1, 0.15) is 43.0 Å². The summed E-state index contributed by atoms with van der Waals surface area (Å²) in [6, 6.07) is 0. The molecule has 0 radical (unpaired) electrons. The Hall–Kier alpha value is -1.87. The lowest BCUT2D eigenvalue weighted by Gasteiger charge is -2.31. The van der Waals surface area contributed by atoms with Crippen molar-refractivity contribution in [1.82, 2.24) is 14.9 Å². The molecular formula is C14H15F6N3O. The molecule has 1 amide bonds. The zero-order chi connectivity index (χ0) is 18.0. The Labute approximate surface area is 133 Å².